The van der Waals surface area contributed by atoms with Gasteiger partial charge in [-0.3, -0.25) is 33.7 Å². The van der Waals surface area contributed by atoms with Crippen molar-refractivity contribution in [2.24, 2.45) is 29.4 Å². The topological polar surface area (TPSA) is 214 Å². The molecule has 1 aromatic rings. The SMILES string of the molecule is CN(C)[C@@H]1C(=O)C(C(N)=O)C(=O)[C@@]2(O)C(=O)C3C(=O)c4c(O)ccc(CNOCC(=O)O)c4C[C@H]3C[C@@H]12. The molecule has 0 spiro atoms. The molecule has 6 atom stereocenters. The van der Waals surface area contributed by atoms with Crippen molar-refractivity contribution < 1.29 is 48.9 Å². The van der Waals surface area contributed by atoms with Gasteiger partial charge in [0.25, 0.3) is 0 Å². The second-order valence-corrected chi connectivity index (χ2v) is 9.89. The summed E-state index contributed by atoms with van der Waals surface area (Å²) in [5.74, 6) is -12.4. The molecule has 0 saturated heterocycles. The fourth-order valence-electron chi connectivity index (χ4n) is 6.08. The maximum absolute atomic E-state index is 13.7. The number of rotatable bonds is 7. The molecule has 0 heterocycles. The molecule has 4 rings (SSSR count). The molecule has 1 amide bonds. The number of nitrogens with two attached hydrogens (primary N) is 1. The first-order chi connectivity index (χ1) is 17.3. The standard InChI is InChI=1S/C24H27N3O10/c1-27(2)18-12-6-10-5-11-9(7-26-37-8-14(29)30)3-4-13(28)16(11)19(31)15(10)21(33)24(12,36)22(34)17(20(18)32)23(25)35/h3-4,10,12,15,17-18,26,28,36H,5-8H2,1-2H3,(H2,25,35)(H,29,30)/t10-,12-,15?,17?,18-,24-/m0/s1. The molecule has 2 saturated carbocycles. The van der Waals surface area contributed by atoms with Crippen LogP contribution in [0, 0.1) is 23.7 Å². The van der Waals surface area contributed by atoms with E-state index in [1.165, 1.54) is 31.1 Å². The van der Waals surface area contributed by atoms with Crippen LogP contribution in [0.3, 0.4) is 0 Å². The Balaban J connectivity index is 1.76. The molecule has 3 aliphatic rings. The predicted octanol–water partition coefficient (Wildman–Crippen LogP) is -2.03. The lowest BCUT2D eigenvalue weighted by Crippen LogP contribution is -2.74. The van der Waals surface area contributed by atoms with Gasteiger partial charge in [0, 0.05) is 12.5 Å². The summed E-state index contributed by atoms with van der Waals surface area (Å²) < 4.78 is 0. The van der Waals surface area contributed by atoms with E-state index in [1.807, 2.05) is 0 Å². The monoisotopic (exact) mass is 517 g/mol. The van der Waals surface area contributed by atoms with E-state index in [0.29, 0.717) is 11.1 Å². The summed E-state index contributed by atoms with van der Waals surface area (Å²) in [4.78, 5) is 82.5. The highest BCUT2D eigenvalue weighted by Gasteiger charge is 2.69. The zero-order valence-electron chi connectivity index (χ0n) is 20.1. The van der Waals surface area contributed by atoms with Crippen LogP contribution in [0.1, 0.15) is 27.9 Å². The van der Waals surface area contributed by atoms with Gasteiger partial charge in [-0.15, -0.1) is 0 Å². The van der Waals surface area contributed by atoms with E-state index in [2.05, 4.69) is 5.48 Å². The van der Waals surface area contributed by atoms with Crippen molar-refractivity contribution in [2.75, 3.05) is 20.7 Å². The fourth-order valence-corrected chi connectivity index (χ4v) is 6.08. The first kappa shape index (κ1) is 26.5. The van der Waals surface area contributed by atoms with Gasteiger partial charge in [-0.2, -0.15) is 5.48 Å². The van der Waals surface area contributed by atoms with Crippen molar-refractivity contribution >= 4 is 35.0 Å². The molecule has 3 aliphatic carbocycles. The Labute approximate surface area is 210 Å². The first-order valence-corrected chi connectivity index (χ1v) is 11.6. The summed E-state index contributed by atoms with van der Waals surface area (Å²) in [6.07, 6.45) is 0.0259. The van der Waals surface area contributed by atoms with Crippen molar-refractivity contribution in [3.8, 4) is 5.75 Å². The van der Waals surface area contributed by atoms with Crippen LogP contribution in [0.15, 0.2) is 12.1 Å². The lowest BCUT2D eigenvalue weighted by Gasteiger charge is -2.52. The molecule has 6 N–H and O–H groups in total. The molecular formula is C24H27N3O10. The van der Waals surface area contributed by atoms with Crippen LogP contribution in [0.25, 0.3) is 0 Å². The number of nitrogens with zero attached hydrogens (tertiary/aromatic N) is 1. The lowest BCUT2D eigenvalue weighted by atomic mass is 9.52. The number of hydrogen-bond acceptors (Lipinski definition) is 11. The molecule has 2 unspecified atom stereocenters. The second kappa shape index (κ2) is 9.41. The molecule has 2 fully saturated rings. The van der Waals surface area contributed by atoms with E-state index < -0.39 is 82.7 Å². The largest absolute Gasteiger partial charge is 0.507 e. The molecule has 0 bridgehead atoms. The number of benzene rings is 1. The molecule has 13 nitrogen and oxygen atoms in total. The average molecular weight is 517 g/mol. The number of hydrogen-bond donors (Lipinski definition) is 5. The molecule has 198 valence electrons. The number of primary amides is 1. The molecule has 0 aliphatic heterocycles. The highest BCUT2D eigenvalue weighted by molar-refractivity contribution is 6.32. The highest BCUT2D eigenvalue weighted by atomic mass is 16.7. The highest BCUT2D eigenvalue weighted by Crippen LogP contribution is 2.50. The number of phenolic OH excluding ortho intramolecular Hbond substituents is 1. The van der Waals surface area contributed by atoms with E-state index in [4.69, 9.17) is 15.7 Å². The van der Waals surface area contributed by atoms with Gasteiger partial charge in [-0.05, 0) is 50.0 Å². The summed E-state index contributed by atoms with van der Waals surface area (Å²) >= 11 is 0. The number of hydroxylamine groups is 1. The van der Waals surface area contributed by atoms with E-state index in [-0.39, 0.29) is 24.9 Å². The Morgan fingerprint density at radius 3 is 2.46 bits per heavy atom. The minimum Gasteiger partial charge on any atom is -0.507 e. The number of fused-ring (bicyclic) bond motifs is 3. The van der Waals surface area contributed by atoms with Crippen LogP contribution in [0.4, 0.5) is 0 Å². The van der Waals surface area contributed by atoms with Gasteiger partial charge < -0.3 is 21.1 Å². The molecule has 37 heavy (non-hydrogen) atoms. The van der Waals surface area contributed by atoms with Crippen molar-refractivity contribution in [3.05, 3.63) is 28.8 Å². The third-order valence-corrected chi connectivity index (χ3v) is 7.60. The van der Waals surface area contributed by atoms with Crippen LogP contribution in [-0.2, 0) is 41.8 Å². The number of aliphatic hydroxyl groups is 1. The zero-order chi connectivity index (χ0) is 27.4. The number of carboxylic acid groups (broad SMARTS) is 1. The van der Waals surface area contributed by atoms with Crippen LogP contribution in [0.2, 0.25) is 0 Å². The quantitative estimate of drug-likeness (QED) is 0.150. The average Bonchev–Trinajstić information content (AvgIpc) is 2.79. The Kier molecular flexibility index (Phi) is 6.75. The number of carbonyl (C=O) groups excluding carboxylic acids is 5. The van der Waals surface area contributed by atoms with Crippen molar-refractivity contribution in [1.29, 1.82) is 0 Å². The number of aliphatic carboxylic acids is 1. The lowest BCUT2D eigenvalue weighted by molar-refractivity contribution is -0.181. The molecule has 1 aromatic carbocycles. The molecule has 0 aromatic heterocycles. The fraction of sp³-hybridized carbons (Fsp3) is 0.500. The number of likely N-dealkylation sites (N-methyl/N-ethyl adjacent to an activating group) is 1. The van der Waals surface area contributed by atoms with Gasteiger partial charge in [0.2, 0.25) is 5.91 Å². The maximum Gasteiger partial charge on any atom is 0.331 e. The number of amides is 1. The summed E-state index contributed by atoms with van der Waals surface area (Å²) in [6.45, 7) is -0.627. The second-order valence-electron chi connectivity index (χ2n) is 9.89. The number of carboxylic acids is 1. The number of aromatic hydroxyl groups is 1. The summed E-state index contributed by atoms with van der Waals surface area (Å²) in [7, 11) is 3.02. The summed E-state index contributed by atoms with van der Waals surface area (Å²) in [5, 5.41) is 30.7. The van der Waals surface area contributed by atoms with Crippen molar-refractivity contribution in [3.63, 3.8) is 0 Å². The van der Waals surface area contributed by atoms with Gasteiger partial charge in [0.15, 0.2) is 41.3 Å². The molecular weight excluding hydrogens is 490 g/mol. The smallest absolute Gasteiger partial charge is 0.331 e. The number of nitrogens with one attached hydrogen (secondary N) is 1. The number of carbonyl (C=O) groups is 6. The van der Waals surface area contributed by atoms with Gasteiger partial charge in [-0.25, -0.2) is 4.79 Å². The summed E-state index contributed by atoms with van der Waals surface area (Å²) in [5.41, 5.74) is 5.75. The minimum absolute atomic E-state index is 0.0144. The third-order valence-electron chi connectivity index (χ3n) is 7.60. The van der Waals surface area contributed by atoms with Crippen LogP contribution < -0.4 is 11.2 Å². The Hall–Kier alpha value is -3.52. The van der Waals surface area contributed by atoms with Crippen LogP contribution in [0.5, 0.6) is 5.75 Å². The van der Waals surface area contributed by atoms with Crippen molar-refractivity contribution in [2.45, 2.75) is 31.0 Å². The van der Waals surface area contributed by atoms with Gasteiger partial charge in [0.05, 0.1) is 17.5 Å². The van der Waals surface area contributed by atoms with E-state index >= 15 is 0 Å². The Morgan fingerprint density at radius 1 is 1.19 bits per heavy atom. The number of phenols is 1. The molecule has 13 heteroatoms. The predicted molar refractivity (Wildman–Crippen MR) is 122 cm³/mol. The number of Topliss-reactive ketones (excluding diaryl/α,β-unsaturated/α-hetero) is 4. The Bertz CT molecular complexity index is 1230. The van der Waals surface area contributed by atoms with Gasteiger partial charge in [-0.1, -0.05) is 6.07 Å². The van der Waals surface area contributed by atoms with E-state index in [0.717, 1.165) is 0 Å². The van der Waals surface area contributed by atoms with Gasteiger partial charge in [0.1, 0.15) is 5.75 Å². The zero-order valence-corrected chi connectivity index (χ0v) is 20.1. The normalized spacial score (nSPS) is 31.1. The number of ketones is 4. The van der Waals surface area contributed by atoms with Crippen LogP contribution in [-0.4, -0.2) is 87.6 Å². The summed E-state index contributed by atoms with van der Waals surface area (Å²) in [6, 6.07) is 1.58. The van der Waals surface area contributed by atoms with E-state index in [1.54, 1.807) is 0 Å². The van der Waals surface area contributed by atoms with Crippen LogP contribution >= 0.6 is 0 Å². The Morgan fingerprint density at radius 2 is 1.86 bits per heavy atom. The first-order valence-electron chi connectivity index (χ1n) is 11.6. The van der Waals surface area contributed by atoms with Gasteiger partial charge >= 0.3 is 5.97 Å². The van der Waals surface area contributed by atoms with Crippen molar-refractivity contribution in [1.82, 2.24) is 10.4 Å². The third kappa shape index (κ3) is 4.03. The maximum atomic E-state index is 13.7. The minimum atomic E-state index is -2.78. The molecule has 0 radical (unpaired) electrons. The van der Waals surface area contributed by atoms with E-state index in [9.17, 15) is 39.0 Å².